The minimum Gasteiger partial charge on any atom is -0.324 e. The number of carbonyl (C=O) groups is 3. The van der Waals surface area contributed by atoms with Crippen LogP contribution in [0.15, 0.2) is 30.4 Å². The summed E-state index contributed by atoms with van der Waals surface area (Å²) in [5.41, 5.74) is 2.77. The van der Waals surface area contributed by atoms with E-state index in [1.807, 2.05) is 44.2 Å². The Balaban J connectivity index is 1.76. The van der Waals surface area contributed by atoms with Crippen LogP contribution in [0.2, 0.25) is 0 Å². The average molecular weight is 326 g/mol. The van der Waals surface area contributed by atoms with Crippen LogP contribution in [0, 0.1) is 25.7 Å². The minimum absolute atomic E-state index is 0.224. The van der Waals surface area contributed by atoms with Gasteiger partial charge in [-0.25, -0.2) is 0 Å². The first-order valence-electron chi connectivity index (χ1n) is 8.30. The number of aryl methyl sites for hydroxylation is 2. The Morgan fingerprint density at radius 1 is 1.12 bits per heavy atom. The maximum atomic E-state index is 12.6. The predicted octanol–water partition coefficient (Wildman–Crippen LogP) is 2.58. The van der Waals surface area contributed by atoms with Gasteiger partial charge in [-0.05, 0) is 45.2 Å². The second-order valence-corrected chi connectivity index (χ2v) is 6.69. The van der Waals surface area contributed by atoms with Crippen molar-refractivity contribution in [3.8, 4) is 0 Å². The van der Waals surface area contributed by atoms with Crippen molar-refractivity contribution in [3.63, 3.8) is 0 Å². The number of nitrogens with zero attached hydrogens (tertiary/aromatic N) is 1. The van der Waals surface area contributed by atoms with Crippen molar-refractivity contribution in [2.75, 3.05) is 5.32 Å². The molecule has 3 atom stereocenters. The number of likely N-dealkylation sites (tertiary alicyclic amines) is 1. The zero-order chi connectivity index (χ0) is 17.4. The molecular weight excluding hydrogens is 304 g/mol. The number of hydrogen-bond donors (Lipinski definition) is 1. The normalized spacial score (nSPS) is 24.0. The molecule has 1 N–H and O–H groups in total. The van der Waals surface area contributed by atoms with Crippen LogP contribution in [-0.2, 0) is 14.4 Å². The quantitative estimate of drug-likeness (QED) is 0.686. The average Bonchev–Trinajstić information content (AvgIpc) is 2.81. The molecule has 1 saturated heterocycles. The van der Waals surface area contributed by atoms with E-state index in [1.165, 1.54) is 0 Å². The van der Waals surface area contributed by atoms with E-state index < -0.39 is 6.04 Å². The lowest BCUT2D eigenvalue weighted by atomic mass is 9.85. The van der Waals surface area contributed by atoms with Crippen LogP contribution in [0.4, 0.5) is 5.69 Å². The molecule has 126 valence electrons. The van der Waals surface area contributed by atoms with Crippen LogP contribution >= 0.6 is 0 Å². The summed E-state index contributed by atoms with van der Waals surface area (Å²) in [4.78, 5) is 38.8. The summed E-state index contributed by atoms with van der Waals surface area (Å²) in [5.74, 6) is -1.40. The van der Waals surface area contributed by atoms with Gasteiger partial charge in [0.15, 0.2) is 0 Å². The highest BCUT2D eigenvalue weighted by atomic mass is 16.2. The van der Waals surface area contributed by atoms with E-state index in [-0.39, 0.29) is 29.6 Å². The van der Waals surface area contributed by atoms with Crippen LogP contribution in [0.5, 0.6) is 0 Å². The summed E-state index contributed by atoms with van der Waals surface area (Å²) < 4.78 is 0. The first-order valence-corrected chi connectivity index (χ1v) is 8.30. The number of allylic oxidation sites excluding steroid dienone is 2. The molecule has 5 nitrogen and oxygen atoms in total. The number of nitrogens with one attached hydrogen (secondary N) is 1. The highest BCUT2D eigenvalue weighted by molar-refractivity contribution is 6.10. The van der Waals surface area contributed by atoms with E-state index in [1.54, 1.807) is 6.92 Å². The number of carbonyl (C=O) groups excluding carboxylic acids is 3. The van der Waals surface area contributed by atoms with Crippen LogP contribution in [-0.4, -0.2) is 28.7 Å². The van der Waals surface area contributed by atoms with Gasteiger partial charge in [-0.15, -0.1) is 0 Å². The summed E-state index contributed by atoms with van der Waals surface area (Å²) in [6.45, 7) is 5.51. The monoisotopic (exact) mass is 326 g/mol. The molecule has 1 aliphatic carbocycles. The van der Waals surface area contributed by atoms with E-state index in [0.717, 1.165) is 16.0 Å². The maximum Gasteiger partial charge on any atom is 0.247 e. The highest BCUT2D eigenvalue weighted by Gasteiger charge is 2.50. The van der Waals surface area contributed by atoms with Gasteiger partial charge in [0.2, 0.25) is 17.7 Å². The molecule has 1 aromatic rings. The van der Waals surface area contributed by atoms with E-state index in [0.29, 0.717) is 18.5 Å². The topological polar surface area (TPSA) is 66.5 Å². The predicted molar refractivity (Wildman–Crippen MR) is 91.2 cm³/mol. The van der Waals surface area contributed by atoms with Crippen molar-refractivity contribution in [1.82, 2.24) is 4.90 Å². The summed E-state index contributed by atoms with van der Waals surface area (Å²) in [6, 6.07) is 4.93. The lowest BCUT2D eigenvalue weighted by Gasteiger charge is -2.23. The summed E-state index contributed by atoms with van der Waals surface area (Å²) in [6.07, 6.45) is 5.04. The van der Waals surface area contributed by atoms with E-state index in [4.69, 9.17) is 0 Å². The Morgan fingerprint density at radius 2 is 1.71 bits per heavy atom. The van der Waals surface area contributed by atoms with Crippen LogP contribution in [0.25, 0.3) is 0 Å². The first kappa shape index (κ1) is 16.4. The Kier molecular flexibility index (Phi) is 4.26. The molecule has 3 rings (SSSR count). The Bertz CT molecular complexity index is 712. The maximum absolute atomic E-state index is 12.6. The molecule has 0 radical (unpaired) electrons. The van der Waals surface area contributed by atoms with Gasteiger partial charge < -0.3 is 5.32 Å². The molecule has 0 unspecified atom stereocenters. The van der Waals surface area contributed by atoms with Gasteiger partial charge in [0, 0.05) is 5.69 Å². The summed E-state index contributed by atoms with van der Waals surface area (Å²) in [7, 11) is 0. The zero-order valence-electron chi connectivity index (χ0n) is 14.2. The smallest absolute Gasteiger partial charge is 0.247 e. The Morgan fingerprint density at radius 3 is 2.25 bits per heavy atom. The van der Waals surface area contributed by atoms with Crippen molar-refractivity contribution in [1.29, 1.82) is 0 Å². The molecule has 2 aliphatic rings. The molecule has 1 aliphatic heterocycles. The van der Waals surface area contributed by atoms with Crippen molar-refractivity contribution < 1.29 is 14.4 Å². The molecule has 0 saturated carbocycles. The Hall–Kier alpha value is -2.43. The lowest BCUT2D eigenvalue weighted by molar-refractivity contribution is -0.146. The van der Waals surface area contributed by atoms with Crippen molar-refractivity contribution in [2.24, 2.45) is 11.8 Å². The fourth-order valence-corrected chi connectivity index (χ4v) is 3.52. The van der Waals surface area contributed by atoms with Gasteiger partial charge in [-0.2, -0.15) is 0 Å². The highest BCUT2D eigenvalue weighted by Crippen LogP contribution is 2.36. The fourth-order valence-electron chi connectivity index (χ4n) is 3.52. The molecule has 1 heterocycles. The van der Waals surface area contributed by atoms with Crippen LogP contribution in [0.1, 0.15) is 30.9 Å². The van der Waals surface area contributed by atoms with Crippen molar-refractivity contribution in [2.45, 2.75) is 39.7 Å². The number of fused-ring (bicyclic) bond motifs is 1. The van der Waals surface area contributed by atoms with Gasteiger partial charge in [-0.3, -0.25) is 19.3 Å². The first-order chi connectivity index (χ1) is 11.4. The molecule has 1 aromatic carbocycles. The molecule has 3 amide bonds. The number of rotatable bonds is 3. The summed E-state index contributed by atoms with van der Waals surface area (Å²) >= 11 is 0. The van der Waals surface area contributed by atoms with Crippen molar-refractivity contribution in [3.05, 3.63) is 41.5 Å². The standard InChI is InChI=1S/C19H22N2O3/c1-11-8-9-16(12(2)10-11)20-17(22)13(3)21-18(23)14-6-4-5-7-15(14)19(21)24/h4-5,8-10,13-15H,6-7H2,1-3H3,(H,20,22)/t13-,14-,15+/m0/s1. The number of benzene rings is 1. The zero-order valence-corrected chi connectivity index (χ0v) is 14.2. The van der Waals surface area contributed by atoms with E-state index in [2.05, 4.69) is 5.32 Å². The van der Waals surface area contributed by atoms with Gasteiger partial charge in [0.1, 0.15) is 6.04 Å². The second kappa shape index (κ2) is 6.23. The van der Waals surface area contributed by atoms with Crippen LogP contribution < -0.4 is 5.32 Å². The largest absolute Gasteiger partial charge is 0.324 e. The summed E-state index contributed by atoms with van der Waals surface area (Å²) in [5, 5.41) is 2.84. The molecule has 24 heavy (non-hydrogen) atoms. The number of imide groups is 1. The number of amides is 3. The third-order valence-electron chi connectivity index (χ3n) is 4.95. The van der Waals surface area contributed by atoms with E-state index in [9.17, 15) is 14.4 Å². The molecule has 0 spiro atoms. The number of anilines is 1. The minimum atomic E-state index is -0.809. The SMILES string of the molecule is Cc1ccc(NC(=O)[C@H](C)N2C(=O)[C@H]3CC=CC[C@H]3C2=O)c(C)c1. The van der Waals surface area contributed by atoms with Gasteiger partial charge in [0.05, 0.1) is 11.8 Å². The van der Waals surface area contributed by atoms with Gasteiger partial charge in [0.25, 0.3) is 0 Å². The molecule has 5 heteroatoms. The van der Waals surface area contributed by atoms with E-state index >= 15 is 0 Å². The molecular formula is C19H22N2O3. The molecule has 0 bridgehead atoms. The van der Waals surface area contributed by atoms with Gasteiger partial charge in [-0.1, -0.05) is 29.8 Å². The number of hydrogen-bond acceptors (Lipinski definition) is 3. The second-order valence-electron chi connectivity index (χ2n) is 6.69. The molecule has 1 fully saturated rings. The Labute approximate surface area is 141 Å². The molecule has 0 aromatic heterocycles. The fraction of sp³-hybridized carbons (Fsp3) is 0.421. The lowest BCUT2D eigenvalue weighted by Crippen LogP contribution is -2.46. The third-order valence-corrected chi connectivity index (χ3v) is 4.95. The van der Waals surface area contributed by atoms with Gasteiger partial charge >= 0.3 is 0 Å². The third kappa shape index (κ3) is 2.75. The van der Waals surface area contributed by atoms with Crippen LogP contribution in [0.3, 0.4) is 0 Å². The van der Waals surface area contributed by atoms with Crippen molar-refractivity contribution >= 4 is 23.4 Å².